The molecule has 0 bridgehead atoms. The largest absolute Gasteiger partial charge is 0.457 e. The first kappa shape index (κ1) is 21.3. The van der Waals surface area contributed by atoms with Crippen molar-refractivity contribution in [2.24, 2.45) is 5.41 Å². The number of Topliss-reactive ketones (excluding diaryl/α,β-unsaturated/α-hetero) is 1. The zero-order valence-corrected chi connectivity index (χ0v) is 19.7. The van der Waals surface area contributed by atoms with Crippen LogP contribution in [0.3, 0.4) is 0 Å². The van der Waals surface area contributed by atoms with Crippen molar-refractivity contribution in [2.45, 2.75) is 46.6 Å². The molecule has 2 N–H and O–H groups in total. The molecule has 1 unspecified atom stereocenters. The molecule has 0 fully saturated rings. The molecule has 1 aliphatic heterocycles. The van der Waals surface area contributed by atoms with E-state index >= 15 is 0 Å². The van der Waals surface area contributed by atoms with Gasteiger partial charge in [0.15, 0.2) is 5.78 Å². The van der Waals surface area contributed by atoms with Gasteiger partial charge in [0.25, 0.3) is 0 Å². The number of ether oxygens (including phenoxy) is 1. The van der Waals surface area contributed by atoms with Crippen molar-refractivity contribution in [2.75, 3.05) is 10.6 Å². The highest BCUT2D eigenvalue weighted by atomic mass is 16.5. The summed E-state index contributed by atoms with van der Waals surface area (Å²) in [5.74, 6) is 1.75. The van der Waals surface area contributed by atoms with Crippen LogP contribution in [0.4, 0.5) is 11.4 Å². The van der Waals surface area contributed by atoms with Crippen molar-refractivity contribution in [3.8, 4) is 11.5 Å². The maximum Gasteiger partial charge on any atom is 0.163 e. The zero-order valence-electron chi connectivity index (χ0n) is 19.7. The Hall–Kier alpha value is -3.53. The quantitative estimate of drug-likeness (QED) is 0.450. The van der Waals surface area contributed by atoms with Gasteiger partial charge in [0.05, 0.1) is 17.4 Å². The zero-order chi connectivity index (χ0) is 23.2. The van der Waals surface area contributed by atoms with E-state index in [4.69, 9.17) is 4.74 Å². The summed E-state index contributed by atoms with van der Waals surface area (Å²) in [5, 5.41) is 7.26. The Morgan fingerprint density at radius 3 is 2.15 bits per heavy atom. The molecule has 0 spiro atoms. The van der Waals surface area contributed by atoms with Crippen LogP contribution in [0.25, 0.3) is 0 Å². The molecule has 168 valence electrons. The fraction of sp³-hybridized carbons (Fsp3) is 0.276. The Labute approximate surface area is 195 Å². The first-order chi connectivity index (χ1) is 15.8. The van der Waals surface area contributed by atoms with Crippen LogP contribution in [0.2, 0.25) is 0 Å². The number of hydrogen-bond acceptors (Lipinski definition) is 4. The smallest absolute Gasteiger partial charge is 0.163 e. The summed E-state index contributed by atoms with van der Waals surface area (Å²) in [6, 6.07) is 22.3. The van der Waals surface area contributed by atoms with Crippen LogP contribution in [-0.4, -0.2) is 5.78 Å². The summed E-state index contributed by atoms with van der Waals surface area (Å²) in [5.41, 5.74) is 7.14. The lowest BCUT2D eigenvalue weighted by atomic mass is 9.73. The molecule has 1 aliphatic carbocycles. The summed E-state index contributed by atoms with van der Waals surface area (Å²) >= 11 is 0. The van der Waals surface area contributed by atoms with Crippen molar-refractivity contribution in [1.29, 1.82) is 0 Å². The molecular formula is C29H30N2O2. The van der Waals surface area contributed by atoms with E-state index in [0.29, 0.717) is 6.42 Å². The SMILES string of the molecule is Cc1ccc(Oc2ccc3c(c2)NC(c2ccc(C)cc2)C2=C(CC(C)(C)CC2=O)N3)cc1. The fourth-order valence-electron chi connectivity index (χ4n) is 4.74. The molecule has 3 aromatic carbocycles. The van der Waals surface area contributed by atoms with Gasteiger partial charge in [-0.05, 0) is 55.5 Å². The molecule has 1 heterocycles. The lowest BCUT2D eigenvalue weighted by molar-refractivity contribution is -0.118. The van der Waals surface area contributed by atoms with Gasteiger partial charge in [0.1, 0.15) is 11.5 Å². The molecule has 1 atom stereocenters. The number of ketones is 1. The lowest BCUT2D eigenvalue weighted by Crippen LogP contribution is -2.31. The van der Waals surface area contributed by atoms with Crippen LogP contribution in [0.1, 0.15) is 49.4 Å². The molecule has 0 radical (unpaired) electrons. The Bertz CT molecular complexity index is 1240. The first-order valence-corrected chi connectivity index (χ1v) is 11.5. The summed E-state index contributed by atoms with van der Waals surface area (Å²) < 4.78 is 6.12. The highest BCUT2D eigenvalue weighted by Crippen LogP contribution is 2.46. The number of carbonyl (C=O) groups is 1. The van der Waals surface area contributed by atoms with Gasteiger partial charge >= 0.3 is 0 Å². The third-order valence-corrected chi connectivity index (χ3v) is 6.45. The molecule has 33 heavy (non-hydrogen) atoms. The minimum atomic E-state index is -0.215. The number of nitrogens with one attached hydrogen (secondary N) is 2. The number of hydrogen-bond donors (Lipinski definition) is 2. The van der Waals surface area contributed by atoms with Crippen LogP contribution < -0.4 is 15.4 Å². The molecule has 0 saturated heterocycles. The van der Waals surface area contributed by atoms with Crippen molar-refractivity contribution >= 4 is 17.2 Å². The Morgan fingerprint density at radius 2 is 1.45 bits per heavy atom. The number of fused-ring (bicyclic) bond motifs is 1. The van der Waals surface area contributed by atoms with E-state index in [1.54, 1.807) is 0 Å². The van der Waals surface area contributed by atoms with Crippen LogP contribution >= 0.6 is 0 Å². The van der Waals surface area contributed by atoms with Gasteiger partial charge in [0, 0.05) is 23.8 Å². The topological polar surface area (TPSA) is 50.4 Å². The van der Waals surface area contributed by atoms with Gasteiger partial charge < -0.3 is 15.4 Å². The first-order valence-electron chi connectivity index (χ1n) is 11.5. The minimum absolute atomic E-state index is 0.0697. The number of aryl methyl sites for hydroxylation is 2. The highest BCUT2D eigenvalue weighted by molar-refractivity contribution is 6.01. The van der Waals surface area contributed by atoms with E-state index in [0.717, 1.165) is 46.1 Å². The Balaban J connectivity index is 1.55. The Kier molecular flexibility index (Phi) is 5.24. The molecule has 0 amide bonds. The molecular weight excluding hydrogens is 408 g/mol. The van der Waals surface area contributed by atoms with E-state index in [-0.39, 0.29) is 17.2 Å². The molecule has 4 heteroatoms. The van der Waals surface area contributed by atoms with Crippen molar-refractivity contribution in [3.05, 3.63) is 94.7 Å². The molecule has 5 rings (SSSR count). The van der Waals surface area contributed by atoms with Crippen molar-refractivity contribution in [3.63, 3.8) is 0 Å². The summed E-state index contributed by atoms with van der Waals surface area (Å²) in [4.78, 5) is 13.4. The monoisotopic (exact) mass is 438 g/mol. The second-order valence-electron chi connectivity index (χ2n) is 10.1. The number of benzene rings is 3. The summed E-state index contributed by atoms with van der Waals surface area (Å²) in [6.07, 6.45) is 1.38. The molecule has 4 nitrogen and oxygen atoms in total. The van der Waals surface area contributed by atoms with Gasteiger partial charge in [-0.25, -0.2) is 0 Å². The minimum Gasteiger partial charge on any atom is -0.457 e. The van der Waals surface area contributed by atoms with Gasteiger partial charge in [-0.3, -0.25) is 4.79 Å². The average Bonchev–Trinajstić information content (AvgIpc) is 2.91. The van der Waals surface area contributed by atoms with Gasteiger partial charge in [0.2, 0.25) is 0 Å². The van der Waals surface area contributed by atoms with Crippen molar-refractivity contribution in [1.82, 2.24) is 0 Å². The second-order valence-corrected chi connectivity index (χ2v) is 10.1. The number of rotatable bonds is 3. The predicted octanol–water partition coefficient (Wildman–Crippen LogP) is 7.32. The molecule has 0 saturated carbocycles. The highest BCUT2D eigenvalue weighted by Gasteiger charge is 2.38. The number of allylic oxidation sites excluding steroid dienone is 1. The normalized spacial score (nSPS) is 19.0. The lowest BCUT2D eigenvalue weighted by Gasteiger charge is -2.34. The van der Waals surface area contributed by atoms with Crippen LogP contribution in [0.5, 0.6) is 11.5 Å². The fourth-order valence-corrected chi connectivity index (χ4v) is 4.74. The number of anilines is 2. The van der Waals surface area contributed by atoms with Gasteiger partial charge in [-0.15, -0.1) is 0 Å². The van der Waals surface area contributed by atoms with Crippen LogP contribution in [0, 0.1) is 19.3 Å². The second kappa shape index (κ2) is 8.11. The van der Waals surface area contributed by atoms with E-state index in [2.05, 4.69) is 62.6 Å². The van der Waals surface area contributed by atoms with Gasteiger partial charge in [-0.2, -0.15) is 0 Å². The third-order valence-electron chi connectivity index (χ3n) is 6.45. The average molecular weight is 439 g/mol. The van der Waals surface area contributed by atoms with E-state index < -0.39 is 0 Å². The van der Waals surface area contributed by atoms with Crippen LogP contribution in [-0.2, 0) is 4.79 Å². The van der Waals surface area contributed by atoms with E-state index in [9.17, 15) is 4.79 Å². The number of carbonyl (C=O) groups excluding carboxylic acids is 1. The van der Waals surface area contributed by atoms with E-state index in [1.165, 1.54) is 11.1 Å². The van der Waals surface area contributed by atoms with Crippen LogP contribution in [0.15, 0.2) is 78.0 Å². The predicted molar refractivity (Wildman–Crippen MR) is 134 cm³/mol. The molecule has 3 aromatic rings. The molecule has 0 aromatic heterocycles. The van der Waals surface area contributed by atoms with Crippen molar-refractivity contribution < 1.29 is 9.53 Å². The summed E-state index contributed by atoms with van der Waals surface area (Å²) in [7, 11) is 0. The van der Waals surface area contributed by atoms with E-state index in [1.807, 2.05) is 42.5 Å². The maximum atomic E-state index is 13.4. The van der Waals surface area contributed by atoms with Gasteiger partial charge in [-0.1, -0.05) is 61.4 Å². The maximum absolute atomic E-state index is 13.4. The standard InChI is InChI=1S/C29H30N2O2/c1-18-5-9-20(10-6-18)28-27-25(16-29(3,4)17-26(27)32)30-23-14-13-22(15-24(23)31-28)33-21-11-7-19(2)8-12-21/h5-15,28,30-31H,16-17H2,1-4H3. The summed E-state index contributed by atoms with van der Waals surface area (Å²) in [6.45, 7) is 8.46. The molecule has 2 aliphatic rings. The Morgan fingerprint density at radius 1 is 0.818 bits per heavy atom. The third kappa shape index (κ3) is 4.38.